The first-order chi connectivity index (χ1) is 18.6. The Morgan fingerprint density at radius 2 is 1.68 bits per heavy atom. The van der Waals surface area contributed by atoms with Crippen molar-refractivity contribution in [2.75, 3.05) is 12.3 Å². The van der Waals surface area contributed by atoms with E-state index in [1.807, 2.05) is 23.0 Å². The van der Waals surface area contributed by atoms with E-state index in [-0.39, 0.29) is 5.91 Å². The second kappa shape index (κ2) is 14.7. The zero-order chi connectivity index (χ0) is 26.6. The van der Waals surface area contributed by atoms with Crippen LogP contribution in [0.2, 0.25) is 0 Å². The highest BCUT2D eigenvalue weighted by molar-refractivity contribution is 5.94. The number of rotatable bonds is 15. The fourth-order valence-electron chi connectivity index (χ4n) is 5.37. The van der Waals surface area contributed by atoms with Crippen molar-refractivity contribution >= 4 is 11.9 Å². The number of aromatic nitrogens is 5. The molecule has 0 saturated heterocycles. The summed E-state index contributed by atoms with van der Waals surface area (Å²) in [7, 11) is 0. The van der Waals surface area contributed by atoms with Crippen LogP contribution in [-0.4, -0.2) is 37.0 Å². The monoisotopic (exact) mass is 519 g/mol. The number of hydrogen-bond donors (Lipinski definition) is 2. The van der Waals surface area contributed by atoms with Gasteiger partial charge in [0.15, 0.2) is 0 Å². The first kappa shape index (κ1) is 27.9. The molecular weight excluding hydrogens is 474 g/mol. The Labute approximate surface area is 227 Å². The van der Waals surface area contributed by atoms with Gasteiger partial charge in [0.2, 0.25) is 5.95 Å². The van der Waals surface area contributed by atoms with E-state index >= 15 is 0 Å². The molecule has 0 spiro atoms. The summed E-state index contributed by atoms with van der Waals surface area (Å²) in [5.41, 5.74) is 10.3. The SMILES string of the molecule is CCCCCc1ccc(C(=O)NCCn2cc(CCCCCc3cn(C4CCCCC4)c(N)n3)nn2)cc1. The summed E-state index contributed by atoms with van der Waals surface area (Å²) < 4.78 is 4.02. The Balaban J connectivity index is 1.10. The summed E-state index contributed by atoms with van der Waals surface area (Å²) in [5.74, 6) is 0.631. The largest absolute Gasteiger partial charge is 0.369 e. The van der Waals surface area contributed by atoms with Crippen LogP contribution < -0.4 is 11.1 Å². The Morgan fingerprint density at radius 1 is 0.947 bits per heavy atom. The van der Waals surface area contributed by atoms with Gasteiger partial charge in [-0.3, -0.25) is 9.48 Å². The number of nitrogens with one attached hydrogen (secondary N) is 1. The molecule has 3 N–H and O–H groups in total. The van der Waals surface area contributed by atoms with E-state index in [0.29, 0.717) is 30.6 Å². The lowest BCUT2D eigenvalue weighted by Crippen LogP contribution is -2.27. The van der Waals surface area contributed by atoms with Crippen molar-refractivity contribution in [3.63, 3.8) is 0 Å². The molecule has 8 heteroatoms. The third-order valence-corrected chi connectivity index (χ3v) is 7.64. The van der Waals surface area contributed by atoms with Gasteiger partial charge >= 0.3 is 0 Å². The van der Waals surface area contributed by atoms with Gasteiger partial charge in [0.1, 0.15) is 0 Å². The molecule has 3 aromatic rings. The number of nitrogens with two attached hydrogens (primary N) is 1. The van der Waals surface area contributed by atoms with E-state index < -0.39 is 0 Å². The Morgan fingerprint density at radius 3 is 2.45 bits per heavy atom. The molecule has 8 nitrogen and oxygen atoms in total. The van der Waals surface area contributed by atoms with E-state index in [1.165, 1.54) is 56.9 Å². The van der Waals surface area contributed by atoms with E-state index in [0.717, 1.165) is 49.9 Å². The molecule has 0 atom stereocenters. The topological polar surface area (TPSA) is 104 Å². The van der Waals surface area contributed by atoms with Crippen LogP contribution in [-0.2, 0) is 25.8 Å². The third kappa shape index (κ3) is 8.43. The first-order valence-electron chi connectivity index (χ1n) is 14.7. The Kier molecular flexibility index (Phi) is 10.8. The maximum atomic E-state index is 12.4. The minimum absolute atomic E-state index is 0.0456. The maximum absolute atomic E-state index is 12.4. The number of carbonyl (C=O) groups excluding carboxylic acids is 1. The average molecular weight is 520 g/mol. The molecule has 1 aliphatic rings. The van der Waals surface area contributed by atoms with Crippen molar-refractivity contribution in [2.45, 2.75) is 109 Å². The van der Waals surface area contributed by atoms with E-state index in [9.17, 15) is 4.79 Å². The summed E-state index contributed by atoms with van der Waals surface area (Å²) in [6.07, 6.45) is 20.5. The van der Waals surface area contributed by atoms with Crippen molar-refractivity contribution < 1.29 is 4.79 Å². The lowest BCUT2D eigenvalue weighted by molar-refractivity contribution is 0.0952. The van der Waals surface area contributed by atoms with Crippen LogP contribution in [0, 0.1) is 0 Å². The standard InChI is InChI=1S/C30H45N7O/c1-2-3-6-11-24-16-18-25(19-17-24)29(38)32-20-21-36-22-27(34-35-36)13-8-4-7-12-26-23-37(30(31)33-26)28-14-9-5-10-15-28/h16-19,22-23,28H,2-15,20-21H2,1H3,(H2,31,33)(H,32,38). The molecule has 1 fully saturated rings. The number of amides is 1. The normalized spacial score (nSPS) is 14.1. The zero-order valence-corrected chi connectivity index (χ0v) is 23.1. The fraction of sp³-hybridized carbons (Fsp3) is 0.600. The van der Waals surface area contributed by atoms with Gasteiger partial charge in [0.25, 0.3) is 5.91 Å². The molecule has 0 radical (unpaired) electrons. The van der Waals surface area contributed by atoms with Gasteiger partial charge in [-0.2, -0.15) is 0 Å². The minimum atomic E-state index is -0.0456. The van der Waals surface area contributed by atoms with E-state index in [2.05, 4.69) is 50.4 Å². The fourth-order valence-corrected chi connectivity index (χ4v) is 5.37. The Hall–Kier alpha value is -3.16. The minimum Gasteiger partial charge on any atom is -0.369 e. The van der Waals surface area contributed by atoms with Crippen LogP contribution in [0.3, 0.4) is 0 Å². The molecule has 1 saturated carbocycles. The van der Waals surface area contributed by atoms with Crippen LogP contribution in [0.15, 0.2) is 36.7 Å². The number of nitrogen functional groups attached to an aromatic ring is 1. The third-order valence-electron chi connectivity index (χ3n) is 7.64. The van der Waals surface area contributed by atoms with Gasteiger partial charge in [0, 0.05) is 30.5 Å². The predicted octanol–water partition coefficient (Wildman–Crippen LogP) is 5.68. The number of hydrogen-bond acceptors (Lipinski definition) is 5. The van der Waals surface area contributed by atoms with Gasteiger partial charge in [-0.15, -0.1) is 5.10 Å². The maximum Gasteiger partial charge on any atom is 0.251 e. The van der Waals surface area contributed by atoms with Crippen LogP contribution in [0.4, 0.5) is 5.95 Å². The lowest BCUT2D eigenvalue weighted by atomic mass is 9.95. The van der Waals surface area contributed by atoms with Gasteiger partial charge in [-0.05, 0) is 69.1 Å². The summed E-state index contributed by atoms with van der Waals surface area (Å²) in [6.45, 7) is 3.34. The van der Waals surface area contributed by atoms with Crippen molar-refractivity contribution in [1.29, 1.82) is 0 Å². The molecule has 0 bridgehead atoms. The smallest absolute Gasteiger partial charge is 0.251 e. The number of nitrogens with zero attached hydrogens (tertiary/aromatic N) is 5. The van der Waals surface area contributed by atoms with E-state index in [1.54, 1.807) is 0 Å². The summed E-state index contributed by atoms with van der Waals surface area (Å²) in [6, 6.07) is 8.50. The number of anilines is 1. The molecule has 0 unspecified atom stereocenters. The second-order valence-electron chi connectivity index (χ2n) is 10.7. The number of unbranched alkanes of at least 4 members (excludes halogenated alkanes) is 4. The van der Waals surface area contributed by atoms with Gasteiger partial charge in [-0.1, -0.05) is 62.8 Å². The predicted molar refractivity (Wildman–Crippen MR) is 152 cm³/mol. The number of aryl methyl sites for hydroxylation is 3. The highest BCUT2D eigenvalue weighted by Crippen LogP contribution is 2.30. The summed E-state index contributed by atoms with van der Waals surface area (Å²) in [4.78, 5) is 17.1. The van der Waals surface area contributed by atoms with Crippen molar-refractivity contribution in [3.05, 3.63) is 59.2 Å². The van der Waals surface area contributed by atoms with Crippen LogP contribution in [0.25, 0.3) is 0 Å². The van der Waals surface area contributed by atoms with Crippen molar-refractivity contribution in [1.82, 2.24) is 29.9 Å². The van der Waals surface area contributed by atoms with Crippen LogP contribution in [0.5, 0.6) is 0 Å². The average Bonchev–Trinajstić information content (AvgIpc) is 3.55. The molecule has 1 aromatic carbocycles. The van der Waals surface area contributed by atoms with Gasteiger partial charge < -0.3 is 15.6 Å². The zero-order valence-electron chi connectivity index (χ0n) is 23.1. The first-order valence-corrected chi connectivity index (χ1v) is 14.7. The highest BCUT2D eigenvalue weighted by Gasteiger charge is 2.18. The molecule has 206 valence electrons. The summed E-state index contributed by atoms with van der Waals surface area (Å²) >= 11 is 0. The number of carbonyl (C=O) groups is 1. The van der Waals surface area contributed by atoms with Crippen LogP contribution in [0.1, 0.15) is 111 Å². The second-order valence-corrected chi connectivity index (χ2v) is 10.7. The molecule has 38 heavy (non-hydrogen) atoms. The van der Waals surface area contributed by atoms with Crippen LogP contribution >= 0.6 is 0 Å². The molecule has 2 heterocycles. The number of benzene rings is 1. The molecule has 2 aromatic heterocycles. The van der Waals surface area contributed by atoms with Crippen molar-refractivity contribution in [2.24, 2.45) is 0 Å². The highest BCUT2D eigenvalue weighted by atomic mass is 16.1. The molecule has 1 amide bonds. The van der Waals surface area contributed by atoms with Gasteiger partial charge in [-0.25, -0.2) is 4.98 Å². The van der Waals surface area contributed by atoms with Crippen molar-refractivity contribution in [3.8, 4) is 0 Å². The summed E-state index contributed by atoms with van der Waals surface area (Å²) in [5, 5.41) is 11.5. The molecule has 0 aliphatic heterocycles. The molecular formula is C30H45N7O. The quantitative estimate of drug-likeness (QED) is 0.251. The number of imidazole rings is 1. The Bertz CT molecular complexity index is 1110. The van der Waals surface area contributed by atoms with Gasteiger partial charge in [0.05, 0.1) is 17.9 Å². The molecule has 4 rings (SSSR count). The molecule has 1 aliphatic carbocycles. The lowest BCUT2D eigenvalue weighted by Gasteiger charge is -2.23. The van der Waals surface area contributed by atoms with E-state index in [4.69, 9.17) is 5.73 Å².